The van der Waals surface area contributed by atoms with Gasteiger partial charge in [-0.15, -0.1) is 0 Å². The summed E-state index contributed by atoms with van der Waals surface area (Å²) < 4.78 is 55.3. The van der Waals surface area contributed by atoms with E-state index < -0.39 is 42.2 Å². The third-order valence-corrected chi connectivity index (χ3v) is 8.32. The van der Waals surface area contributed by atoms with Crippen molar-refractivity contribution in [2.45, 2.75) is 34.3 Å². The van der Waals surface area contributed by atoms with Crippen LogP contribution in [0.3, 0.4) is 0 Å². The van der Waals surface area contributed by atoms with Gasteiger partial charge in [-0.25, -0.2) is 17.6 Å². The minimum Gasteiger partial charge on any atom is -0.207 e. The van der Waals surface area contributed by atoms with Crippen molar-refractivity contribution < 1.29 is 17.6 Å². The first-order chi connectivity index (χ1) is 12.6. The molecule has 3 aromatic rings. The van der Waals surface area contributed by atoms with E-state index in [-0.39, 0.29) is 0 Å². The molecule has 0 radical (unpaired) electrons. The van der Waals surface area contributed by atoms with Crippen molar-refractivity contribution in [2.24, 2.45) is 0 Å². The Morgan fingerprint density at radius 3 is 1.26 bits per heavy atom. The molecule has 0 aliphatic heterocycles. The van der Waals surface area contributed by atoms with Crippen molar-refractivity contribution in [3.05, 3.63) is 83.9 Å². The van der Waals surface area contributed by atoms with E-state index in [1.807, 2.05) is 24.3 Å². The van der Waals surface area contributed by atoms with Gasteiger partial charge in [-0.1, -0.05) is 37.0 Å². The highest BCUT2D eigenvalue weighted by molar-refractivity contribution is 7.97. The van der Waals surface area contributed by atoms with Crippen molar-refractivity contribution in [3.8, 4) is 0 Å². The lowest BCUT2D eigenvalue weighted by atomic mass is 10.3. The third-order valence-electron chi connectivity index (χ3n) is 4.10. The van der Waals surface area contributed by atoms with Crippen molar-refractivity contribution in [1.29, 1.82) is 0 Å². The quantitative estimate of drug-likeness (QED) is 0.288. The summed E-state index contributed by atoms with van der Waals surface area (Å²) in [4.78, 5) is 1.41. The second kappa shape index (κ2) is 7.52. The minimum atomic E-state index is -1.52. The molecule has 0 aromatic heterocycles. The van der Waals surface area contributed by atoms with E-state index in [9.17, 15) is 17.6 Å². The van der Waals surface area contributed by atoms with Crippen LogP contribution in [0.1, 0.15) is 0 Å². The molecule has 140 valence electrons. The molecule has 0 saturated carbocycles. The largest absolute Gasteiger partial charge is 0.207 e. The van der Waals surface area contributed by atoms with E-state index in [1.54, 1.807) is 0 Å². The molecule has 0 amide bonds. The second-order valence-electron chi connectivity index (χ2n) is 7.29. The Bertz CT molecular complexity index is 873. The highest BCUT2D eigenvalue weighted by atomic mass is 32.2. The van der Waals surface area contributed by atoms with Crippen LogP contribution in [0.15, 0.2) is 75.4 Å². The maximum absolute atomic E-state index is 13.8. The smallest absolute Gasteiger partial charge is 0.172 e. The lowest BCUT2D eigenvalue weighted by Crippen LogP contribution is -2.37. The van der Waals surface area contributed by atoms with Crippen LogP contribution in [-0.4, -0.2) is 8.07 Å². The summed E-state index contributed by atoms with van der Waals surface area (Å²) >= 11 is 0. The molecular weight excluding hydrogens is 388 g/mol. The molecule has 3 rings (SSSR count). The van der Waals surface area contributed by atoms with Gasteiger partial charge in [-0.05, 0) is 12.1 Å². The SMILES string of the molecule is C[Si](C)(C)c1ccc([S+](c2cc(F)cc(F)c2)c2cc(F)cc(F)c2)cc1. The van der Waals surface area contributed by atoms with Gasteiger partial charge in [0.25, 0.3) is 0 Å². The fourth-order valence-electron chi connectivity index (χ4n) is 2.79. The number of rotatable bonds is 4. The van der Waals surface area contributed by atoms with Gasteiger partial charge in [0.1, 0.15) is 23.3 Å². The molecule has 0 saturated heterocycles. The van der Waals surface area contributed by atoms with Gasteiger partial charge in [0.05, 0.1) is 19.0 Å². The van der Waals surface area contributed by atoms with Crippen LogP contribution in [0.4, 0.5) is 17.6 Å². The van der Waals surface area contributed by atoms with Crippen LogP contribution in [0.5, 0.6) is 0 Å². The zero-order valence-corrected chi connectivity index (χ0v) is 17.0. The standard InChI is InChI=1S/C21H19F4SSi/c1-27(2,3)21-6-4-18(5-7-21)26(19-10-14(22)8-15(23)11-19)20-12-16(24)9-17(25)13-20/h4-13H,1-3H3/q+1. The fraction of sp³-hybridized carbons (Fsp3) is 0.143. The summed E-state index contributed by atoms with van der Waals surface area (Å²) in [5.74, 6) is -2.90. The average molecular weight is 408 g/mol. The van der Waals surface area contributed by atoms with Crippen molar-refractivity contribution in [2.75, 3.05) is 0 Å². The van der Waals surface area contributed by atoms with E-state index >= 15 is 0 Å². The van der Waals surface area contributed by atoms with E-state index in [1.165, 1.54) is 29.5 Å². The summed E-state index contributed by atoms with van der Waals surface area (Å²) in [7, 11) is -2.56. The molecule has 0 nitrogen and oxygen atoms in total. The highest BCUT2D eigenvalue weighted by Gasteiger charge is 2.31. The Balaban J connectivity index is 2.18. The number of halogens is 4. The Kier molecular flexibility index (Phi) is 5.49. The molecule has 0 unspecified atom stereocenters. The van der Waals surface area contributed by atoms with Crippen LogP contribution in [-0.2, 0) is 10.9 Å². The maximum atomic E-state index is 13.8. The van der Waals surface area contributed by atoms with Crippen LogP contribution < -0.4 is 5.19 Å². The minimum absolute atomic E-state index is 0.332. The Morgan fingerprint density at radius 2 is 0.926 bits per heavy atom. The summed E-state index contributed by atoms with van der Waals surface area (Å²) in [5.41, 5.74) is 0. The summed E-state index contributed by atoms with van der Waals surface area (Å²) in [6.45, 7) is 6.64. The normalized spacial score (nSPS) is 11.9. The molecule has 3 aromatic carbocycles. The number of hydrogen-bond donors (Lipinski definition) is 0. The van der Waals surface area contributed by atoms with Gasteiger partial charge in [0, 0.05) is 36.4 Å². The molecular formula is C21H19F4SSi+. The van der Waals surface area contributed by atoms with E-state index in [4.69, 9.17) is 0 Å². The molecule has 0 spiro atoms. The van der Waals surface area contributed by atoms with Crippen LogP contribution in [0.2, 0.25) is 19.6 Å². The first-order valence-corrected chi connectivity index (χ1v) is 13.1. The van der Waals surface area contributed by atoms with Crippen LogP contribution in [0, 0.1) is 23.3 Å². The Labute approximate surface area is 160 Å². The van der Waals surface area contributed by atoms with Crippen LogP contribution >= 0.6 is 0 Å². The Morgan fingerprint density at radius 1 is 0.556 bits per heavy atom. The monoisotopic (exact) mass is 407 g/mol. The highest BCUT2D eigenvalue weighted by Crippen LogP contribution is 2.32. The molecule has 0 aliphatic carbocycles. The van der Waals surface area contributed by atoms with Gasteiger partial charge in [-0.2, -0.15) is 0 Å². The van der Waals surface area contributed by atoms with Gasteiger partial charge < -0.3 is 0 Å². The first-order valence-electron chi connectivity index (χ1n) is 8.40. The van der Waals surface area contributed by atoms with Gasteiger partial charge in [0.2, 0.25) is 0 Å². The van der Waals surface area contributed by atoms with Gasteiger partial charge >= 0.3 is 0 Å². The van der Waals surface area contributed by atoms with E-state index in [0.717, 1.165) is 17.0 Å². The Hall–Kier alpha value is -2.05. The molecule has 6 heteroatoms. The van der Waals surface area contributed by atoms with Gasteiger partial charge in [0.15, 0.2) is 14.7 Å². The van der Waals surface area contributed by atoms with E-state index in [2.05, 4.69) is 19.6 Å². The van der Waals surface area contributed by atoms with Crippen molar-refractivity contribution in [3.63, 3.8) is 0 Å². The molecule has 0 aliphatic rings. The maximum Gasteiger partial charge on any atom is 0.172 e. The molecule has 0 bridgehead atoms. The van der Waals surface area contributed by atoms with E-state index in [0.29, 0.717) is 9.79 Å². The number of benzene rings is 3. The fourth-order valence-corrected chi connectivity index (χ4v) is 6.11. The molecule has 0 heterocycles. The summed E-state index contributed by atoms with van der Waals surface area (Å²) in [6.07, 6.45) is 0. The lowest BCUT2D eigenvalue weighted by molar-refractivity contribution is 0.576. The lowest BCUT2D eigenvalue weighted by Gasteiger charge is -2.16. The van der Waals surface area contributed by atoms with Gasteiger partial charge in [-0.3, -0.25) is 0 Å². The second-order valence-corrected chi connectivity index (χ2v) is 14.4. The molecule has 0 N–H and O–H groups in total. The topological polar surface area (TPSA) is 0 Å². The molecule has 0 fully saturated rings. The van der Waals surface area contributed by atoms with Crippen LogP contribution in [0.25, 0.3) is 0 Å². The van der Waals surface area contributed by atoms with Crippen molar-refractivity contribution >= 4 is 24.2 Å². The zero-order chi connectivity index (χ0) is 19.8. The number of hydrogen-bond acceptors (Lipinski definition) is 0. The summed E-state index contributed by atoms with van der Waals surface area (Å²) in [6, 6.07) is 14.1. The zero-order valence-electron chi connectivity index (χ0n) is 15.2. The first kappa shape index (κ1) is 19.7. The predicted molar refractivity (Wildman–Crippen MR) is 104 cm³/mol. The summed E-state index contributed by atoms with van der Waals surface area (Å²) in [5, 5.41) is 1.23. The third kappa shape index (κ3) is 4.62. The average Bonchev–Trinajstić information content (AvgIpc) is 2.53. The predicted octanol–water partition coefficient (Wildman–Crippen LogP) is 5.88. The molecule has 27 heavy (non-hydrogen) atoms. The molecule has 0 atom stereocenters. The van der Waals surface area contributed by atoms with Crippen molar-refractivity contribution in [1.82, 2.24) is 0 Å².